The fraction of sp³-hybridized carbons (Fsp3) is 0.185. The van der Waals surface area contributed by atoms with Gasteiger partial charge in [0.1, 0.15) is 12.4 Å². The first-order chi connectivity index (χ1) is 15.4. The standard InChI is InChI=1S/C27H25NO3S/c1-18-8-10-21(11-9-18)32(29,30)28-14-12-24(27-20(3)16-19(2)17-25(27)28)22-13-15-31-26-7-5-4-6-23(22)26/h4-13,16-17H,14-15H2,1-3H3. The first kappa shape index (κ1) is 20.6. The lowest BCUT2D eigenvalue weighted by atomic mass is 9.85. The third-order valence-electron chi connectivity index (χ3n) is 6.06. The van der Waals surface area contributed by atoms with E-state index in [4.69, 9.17) is 4.74 Å². The van der Waals surface area contributed by atoms with Crippen LogP contribution in [0, 0.1) is 20.8 Å². The normalized spacial score (nSPS) is 15.3. The molecule has 2 aliphatic heterocycles. The van der Waals surface area contributed by atoms with E-state index in [1.807, 2.05) is 63.2 Å². The van der Waals surface area contributed by atoms with Gasteiger partial charge in [-0.25, -0.2) is 8.42 Å². The number of hydrogen-bond donors (Lipinski definition) is 0. The van der Waals surface area contributed by atoms with Gasteiger partial charge in [0.25, 0.3) is 10.0 Å². The molecule has 0 bridgehead atoms. The van der Waals surface area contributed by atoms with Crippen LogP contribution in [-0.2, 0) is 10.0 Å². The van der Waals surface area contributed by atoms with Crippen molar-refractivity contribution in [3.8, 4) is 5.75 Å². The zero-order chi connectivity index (χ0) is 22.5. The summed E-state index contributed by atoms with van der Waals surface area (Å²) in [7, 11) is -3.70. The number of fused-ring (bicyclic) bond motifs is 2. The van der Waals surface area contributed by atoms with Crippen LogP contribution in [0.1, 0.15) is 27.8 Å². The molecule has 3 aromatic carbocycles. The van der Waals surface area contributed by atoms with E-state index in [2.05, 4.69) is 18.2 Å². The summed E-state index contributed by atoms with van der Waals surface area (Å²) in [6, 6.07) is 19.1. The van der Waals surface area contributed by atoms with Gasteiger partial charge in [-0.2, -0.15) is 0 Å². The molecule has 2 aliphatic rings. The lowest BCUT2D eigenvalue weighted by molar-refractivity contribution is 0.358. The zero-order valence-electron chi connectivity index (χ0n) is 18.4. The van der Waals surface area contributed by atoms with Gasteiger partial charge in [-0.05, 0) is 73.4 Å². The van der Waals surface area contributed by atoms with Crippen LogP contribution in [0.25, 0.3) is 11.1 Å². The molecular formula is C27H25NO3S. The molecule has 0 saturated carbocycles. The highest BCUT2D eigenvalue weighted by atomic mass is 32.2. The van der Waals surface area contributed by atoms with Crippen LogP contribution in [-0.4, -0.2) is 21.6 Å². The monoisotopic (exact) mass is 443 g/mol. The van der Waals surface area contributed by atoms with Gasteiger partial charge in [0.15, 0.2) is 0 Å². The van der Waals surface area contributed by atoms with Crippen LogP contribution in [0.3, 0.4) is 0 Å². The van der Waals surface area contributed by atoms with Crippen molar-refractivity contribution in [2.75, 3.05) is 17.5 Å². The Kier molecular flexibility index (Phi) is 4.94. The second kappa shape index (κ2) is 7.68. The van der Waals surface area contributed by atoms with E-state index in [1.165, 1.54) is 4.31 Å². The molecule has 32 heavy (non-hydrogen) atoms. The molecular weight excluding hydrogens is 418 g/mol. The number of para-hydroxylation sites is 1. The fourth-order valence-electron chi connectivity index (χ4n) is 4.57. The van der Waals surface area contributed by atoms with E-state index in [9.17, 15) is 8.42 Å². The second-order valence-corrected chi connectivity index (χ2v) is 10.2. The SMILES string of the molecule is Cc1ccc(S(=O)(=O)N2CC=C(C3=CCOc4ccccc43)c3c(C)cc(C)cc32)cc1. The number of ether oxygens (including phenoxy) is 1. The van der Waals surface area contributed by atoms with Crippen molar-refractivity contribution in [2.45, 2.75) is 25.7 Å². The molecule has 0 aliphatic carbocycles. The summed E-state index contributed by atoms with van der Waals surface area (Å²) in [6.07, 6.45) is 4.12. The lowest BCUT2D eigenvalue weighted by Crippen LogP contribution is -2.34. The van der Waals surface area contributed by atoms with Crippen molar-refractivity contribution in [1.82, 2.24) is 0 Å². The summed E-state index contributed by atoms with van der Waals surface area (Å²) in [5.74, 6) is 0.854. The first-order valence-corrected chi connectivity index (χ1v) is 12.1. The molecule has 162 valence electrons. The minimum atomic E-state index is -3.70. The van der Waals surface area contributed by atoms with Gasteiger partial charge < -0.3 is 4.74 Å². The third-order valence-corrected chi connectivity index (χ3v) is 7.85. The molecule has 0 aromatic heterocycles. The van der Waals surface area contributed by atoms with E-state index in [-0.39, 0.29) is 6.54 Å². The van der Waals surface area contributed by atoms with Gasteiger partial charge in [0, 0.05) is 11.1 Å². The van der Waals surface area contributed by atoms with E-state index < -0.39 is 10.0 Å². The topological polar surface area (TPSA) is 46.6 Å². The van der Waals surface area contributed by atoms with Crippen molar-refractivity contribution in [2.24, 2.45) is 0 Å². The molecule has 0 spiro atoms. The number of allylic oxidation sites excluding steroid dienone is 2. The predicted molar refractivity (Wildman–Crippen MR) is 130 cm³/mol. The largest absolute Gasteiger partial charge is 0.489 e. The third kappa shape index (κ3) is 3.33. The summed E-state index contributed by atoms with van der Waals surface area (Å²) in [6.45, 7) is 6.78. The van der Waals surface area contributed by atoms with Crippen LogP contribution < -0.4 is 9.04 Å². The minimum absolute atomic E-state index is 0.280. The first-order valence-electron chi connectivity index (χ1n) is 10.7. The number of sulfonamides is 1. The summed E-state index contributed by atoms with van der Waals surface area (Å²) in [5, 5.41) is 0. The van der Waals surface area contributed by atoms with E-state index in [0.29, 0.717) is 11.5 Å². The summed E-state index contributed by atoms with van der Waals surface area (Å²) in [4.78, 5) is 0.306. The quantitative estimate of drug-likeness (QED) is 0.523. The van der Waals surface area contributed by atoms with Gasteiger partial charge in [-0.1, -0.05) is 48.0 Å². The van der Waals surface area contributed by atoms with Gasteiger partial charge in [0.05, 0.1) is 17.1 Å². The Bertz CT molecular complexity index is 1380. The summed E-state index contributed by atoms with van der Waals surface area (Å²) < 4.78 is 34.6. The van der Waals surface area contributed by atoms with Gasteiger partial charge in [0.2, 0.25) is 0 Å². The zero-order valence-corrected chi connectivity index (χ0v) is 19.2. The predicted octanol–water partition coefficient (Wildman–Crippen LogP) is 5.68. The average molecular weight is 444 g/mol. The van der Waals surface area contributed by atoms with Crippen LogP contribution in [0.2, 0.25) is 0 Å². The number of nitrogens with zero attached hydrogens (tertiary/aromatic N) is 1. The van der Waals surface area contributed by atoms with Crippen LogP contribution in [0.15, 0.2) is 77.7 Å². The molecule has 0 N–H and O–H groups in total. The number of aryl methyl sites for hydroxylation is 3. The van der Waals surface area contributed by atoms with Gasteiger partial charge in [-0.15, -0.1) is 0 Å². The maximum absolute atomic E-state index is 13.6. The van der Waals surface area contributed by atoms with Crippen molar-refractivity contribution < 1.29 is 13.2 Å². The maximum atomic E-state index is 13.6. The van der Waals surface area contributed by atoms with Crippen LogP contribution in [0.4, 0.5) is 5.69 Å². The molecule has 0 atom stereocenters. The van der Waals surface area contributed by atoms with Crippen LogP contribution >= 0.6 is 0 Å². The van der Waals surface area contributed by atoms with Crippen molar-refractivity contribution >= 4 is 26.9 Å². The Balaban J connectivity index is 1.67. The Morgan fingerprint density at radius 2 is 1.59 bits per heavy atom. The molecule has 5 heteroatoms. The number of anilines is 1. The van der Waals surface area contributed by atoms with Crippen molar-refractivity contribution in [3.05, 3.63) is 101 Å². The number of hydrogen-bond acceptors (Lipinski definition) is 3. The molecule has 0 saturated heterocycles. The highest BCUT2D eigenvalue weighted by Gasteiger charge is 2.32. The van der Waals surface area contributed by atoms with Crippen molar-refractivity contribution in [1.29, 1.82) is 0 Å². The Morgan fingerprint density at radius 1 is 0.844 bits per heavy atom. The molecule has 2 heterocycles. The smallest absolute Gasteiger partial charge is 0.264 e. The Labute approximate surface area is 189 Å². The molecule has 5 rings (SSSR count). The summed E-state index contributed by atoms with van der Waals surface area (Å²) in [5.41, 5.74) is 7.99. The summed E-state index contributed by atoms with van der Waals surface area (Å²) >= 11 is 0. The van der Waals surface area contributed by atoms with E-state index in [1.54, 1.807) is 12.1 Å². The molecule has 4 nitrogen and oxygen atoms in total. The highest BCUT2D eigenvalue weighted by molar-refractivity contribution is 7.92. The lowest BCUT2D eigenvalue weighted by Gasteiger charge is -2.33. The second-order valence-electron chi connectivity index (χ2n) is 8.37. The number of rotatable bonds is 3. The van der Waals surface area contributed by atoms with Gasteiger partial charge >= 0.3 is 0 Å². The van der Waals surface area contributed by atoms with E-state index in [0.717, 1.165) is 50.4 Å². The Hall–Kier alpha value is -3.31. The maximum Gasteiger partial charge on any atom is 0.264 e. The number of benzene rings is 3. The molecule has 0 amide bonds. The van der Waals surface area contributed by atoms with E-state index >= 15 is 0 Å². The minimum Gasteiger partial charge on any atom is -0.489 e. The molecule has 0 radical (unpaired) electrons. The molecule has 3 aromatic rings. The Morgan fingerprint density at radius 3 is 2.38 bits per heavy atom. The average Bonchev–Trinajstić information content (AvgIpc) is 2.78. The van der Waals surface area contributed by atoms with Crippen LogP contribution in [0.5, 0.6) is 5.75 Å². The van der Waals surface area contributed by atoms with Crippen molar-refractivity contribution in [3.63, 3.8) is 0 Å². The van der Waals surface area contributed by atoms with Gasteiger partial charge in [-0.3, -0.25) is 4.31 Å². The highest BCUT2D eigenvalue weighted by Crippen LogP contribution is 2.46. The fourth-order valence-corrected chi connectivity index (χ4v) is 5.98. The molecule has 0 unspecified atom stereocenters. The molecule has 0 fully saturated rings.